The van der Waals surface area contributed by atoms with E-state index in [-0.39, 0.29) is 22.0 Å². The molecular weight excluding hydrogens is 529 g/mol. The highest BCUT2D eigenvalue weighted by molar-refractivity contribution is 7.89. The molecule has 1 amide bonds. The van der Waals surface area contributed by atoms with E-state index in [2.05, 4.69) is 5.32 Å². The molecule has 0 saturated carbocycles. The molecule has 0 fully saturated rings. The predicted molar refractivity (Wildman–Crippen MR) is 136 cm³/mol. The molecule has 0 heterocycles. The minimum atomic E-state index is -4.15. The summed E-state index contributed by atoms with van der Waals surface area (Å²) in [5.41, 5.74) is 1.29. The van der Waals surface area contributed by atoms with Crippen LogP contribution >= 0.6 is 11.6 Å². The first-order chi connectivity index (χ1) is 16.8. The number of hydrogen-bond acceptors (Lipinski definition) is 5. The minimum Gasteiger partial charge on any atom is -0.325 e. The molecule has 3 aromatic carbocycles. The Hall–Kier alpha value is -2.83. The standard InChI is InChI=1S/C24H25ClFN3O5S2/c1-17-4-11-22(35(31,32)28(2)3)14-23(17)27-24(30)16-29(15-18-5-9-20(26)10-6-18)36(33,34)21-12-7-19(25)8-13-21/h4-14H,15-16H2,1-3H3,(H,27,30). The van der Waals surface area contributed by atoms with Gasteiger partial charge in [-0.2, -0.15) is 4.31 Å². The van der Waals surface area contributed by atoms with E-state index < -0.39 is 38.3 Å². The first-order valence-corrected chi connectivity index (χ1v) is 13.9. The molecule has 0 spiro atoms. The highest BCUT2D eigenvalue weighted by atomic mass is 35.5. The van der Waals surface area contributed by atoms with Gasteiger partial charge in [0.25, 0.3) is 0 Å². The van der Waals surface area contributed by atoms with Crippen LogP contribution in [0, 0.1) is 12.7 Å². The monoisotopic (exact) mass is 553 g/mol. The lowest BCUT2D eigenvalue weighted by Crippen LogP contribution is -2.37. The summed E-state index contributed by atoms with van der Waals surface area (Å²) in [5, 5.41) is 2.96. The molecule has 192 valence electrons. The van der Waals surface area contributed by atoms with Crippen molar-refractivity contribution in [1.29, 1.82) is 0 Å². The van der Waals surface area contributed by atoms with Crippen LogP contribution < -0.4 is 5.32 Å². The van der Waals surface area contributed by atoms with Gasteiger partial charge in [0.05, 0.1) is 16.3 Å². The van der Waals surface area contributed by atoms with Gasteiger partial charge >= 0.3 is 0 Å². The number of aryl methyl sites for hydroxylation is 1. The van der Waals surface area contributed by atoms with Crippen LogP contribution in [0.15, 0.2) is 76.5 Å². The van der Waals surface area contributed by atoms with Crippen LogP contribution in [0.1, 0.15) is 11.1 Å². The zero-order valence-corrected chi connectivity index (χ0v) is 22.2. The van der Waals surface area contributed by atoms with Gasteiger partial charge in [0.1, 0.15) is 5.82 Å². The summed E-state index contributed by atoms with van der Waals surface area (Å²) >= 11 is 5.89. The summed E-state index contributed by atoms with van der Waals surface area (Å²) in [6.45, 7) is 0.904. The minimum absolute atomic E-state index is 0.0228. The fourth-order valence-corrected chi connectivity index (χ4v) is 5.67. The molecule has 0 atom stereocenters. The second-order valence-corrected chi connectivity index (χ2v) is 12.7. The van der Waals surface area contributed by atoms with Crippen molar-refractivity contribution in [2.75, 3.05) is 26.0 Å². The summed E-state index contributed by atoms with van der Waals surface area (Å²) in [6.07, 6.45) is 0. The van der Waals surface area contributed by atoms with Gasteiger partial charge in [-0.1, -0.05) is 29.8 Å². The first kappa shape index (κ1) is 27.8. The fraction of sp³-hybridized carbons (Fsp3) is 0.208. The molecule has 0 saturated heterocycles. The normalized spacial score (nSPS) is 12.2. The Labute approximate surface area is 215 Å². The van der Waals surface area contributed by atoms with Crippen LogP contribution in [0.3, 0.4) is 0 Å². The molecule has 0 unspecified atom stereocenters. The lowest BCUT2D eigenvalue weighted by molar-refractivity contribution is -0.116. The second kappa shape index (κ2) is 11.1. The molecule has 0 aliphatic rings. The first-order valence-electron chi connectivity index (χ1n) is 10.6. The third-order valence-corrected chi connectivity index (χ3v) is 9.17. The maximum atomic E-state index is 13.4. The number of nitrogens with zero attached hydrogens (tertiary/aromatic N) is 2. The van der Waals surface area contributed by atoms with Crippen molar-refractivity contribution in [3.05, 3.63) is 88.7 Å². The lowest BCUT2D eigenvalue weighted by atomic mass is 10.2. The van der Waals surface area contributed by atoms with Gasteiger partial charge in [-0.3, -0.25) is 4.79 Å². The maximum Gasteiger partial charge on any atom is 0.243 e. The van der Waals surface area contributed by atoms with Gasteiger partial charge in [-0.05, 0) is 66.6 Å². The zero-order chi connectivity index (χ0) is 26.7. The van der Waals surface area contributed by atoms with E-state index in [4.69, 9.17) is 11.6 Å². The lowest BCUT2D eigenvalue weighted by Gasteiger charge is -2.22. The second-order valence-electron chi connectivity index (χ2n) is 8.17. The average Bonchev–Trinajstić information content (AvgIpc) is 2.81. The van der Waals surface area contributed by atoms with Crippen LogP contribution in [0.25, 0.3) is 0 Å². The van der Waals surface area contributed by atoms with Crippen LogP contribution in [0.5, 0.6) is 0 Å². The summed E-state index contributed by atoms with van der Waals surface area (Å²) in [4.78, 5) is 12.9. The highest BCUT2D eigenvalue weighted by Crippen LogP contribution is 2.24. The molecule has 8 nitrogen and oxygen atoms in total. The van der Waals surface area contributed by atoms with Crippen LogP contribution in [-0.2, 0) is 31.4 Å². The van der Waals surface area contributed by atoms with Gasteiger partial charge < -0.3 is 5.32 Å². The zero-order valence-electron chi connectivity index (χ0n) is 19.8. The molecule has 0 radical (unpaired) electrons. The van der Waals surface area contributed by atoms with Crippen molar-refractivity contribution in [3.63, 3.8) is 0 Å². The summed E-state index contributed by atoms with van der Waals surface area (Å²) < 4.78 is 67.1. The number of carbonyl (C=O) groups excluding carboxylic acids is 1. The fourth-order valence-electron chi connectivity index (χ4n) is 3.23. The number of hydrogen-bond donors (Lipinski definition) is 1. The van der Waals surface area contributed by atoms with Crippen molar-refractivity contribution < 1.29 is 26.0 Å². The molecule has 36 heavy (non-hydrogen) atoms. The number of sulfonamides is 2. The van der Waals surface area contributed by atoms with Gasteiger partial charge in [0.15, 0.2) is 0 Å². The highest BCUT2D eigenvalue weighted by Gasteiger charge is 2.27. The van der Waals surface area contributed by atoms with E-state index >= 15 is 0 Å². The smallest absolute Gasteiger partial charge is 0.243 e. The van der Waals surface area contributed by atoms with Crippen molar-refractivity contribution in [2.45, 2.75) is 23.3 Å². The largest absolute Gasteiger partial charge is 0.325 e. The molecule has 3 aromatic rings. The van der Waals surface area contributed by atoms with Crippen molar-refractivity contribution in [2.24, 2.45) is 0 Å². The van der Waals surface area contributed by atoms with Gasteiger partial charge in [0.2, 0.25) is 26.0 Å². The quantitative estimate of drug-likeness (QED) is 0.433. The van der Waals surface area contributed by atoms with Crippen LogP contribution in [-0.4, -0.2) is 52.0 Å². The Morgan fingerprint density at radius 3 is 2.06 bits per heavy atom. The molecule has 12 heteroatoms. The maximum absolute atomic E-state index is 13.4. The van der Waals surface area contributed by atoms with E-state index in [0.29, 0.717) is 16.1 Å². The molecule has 0 aliphatic heterocycles. The topological polar surface area (TPSA) is 104 Å². The number of halogens is 2. The molecular formula is C24H25ClFN3O5S2. The van der Waals surface area contributed by atoms with Gasteiger partial charge in [0, 0.05) is 31.4 Å². The summed E-state index contributed by atoms with van der Waals surface area (Å²) in [6, 6.07) is 15.0. The van der Waals surface area contributed by atoms with E-state index in [0.717, 1.165) is 8.61 Å². The summed E-state index contributed by atoms with van der Waals surface area (Å²) in [5.74, 6) is -1.16. The van der Waals surface area contributed by atoms with Gasteiger partial charge in [-0.25, -0.2) is 25.5 Å². The Balaban J connectivity index is 1.92. The molecule has 0 aromatic heterocycles. The molecule has 3 rings (SSSR count). The van der Waals surface area contributed by atoms with E-state index in [1.165, 1.54) is 74.8 Å². The molecule has 1 N–H and O–H groups in total. The predicted octanol–water partition coefficient (Wildman–Crippen LogP) is 3.87. The number of anilines is 1. The molecule has 0 bridgehead atoms. The Kier molecular flexibility index (Phi) is 8.52. The Morgan fingerprint density at radius 1 is 0.889 bits per heavy atom. The number of rotatable bonds is 9. The van der Waals surface area contributed by atoms with Crippen LogP contribution in [0.4, 0.5) is 10.1 Å². The average molecular weight is 554 g/mol. The van der Waals surface area contributed by atoms with E-state index in [1.807, 2.05) is 0 Å². The number of benzene rings is 3. The van der Waals surface area contributed by atoms with E-state index in [9.17, 15) is 26.0 Å². The Bertz CT molecular complexity index is 1460. The van der Waals surface area contributed by atoms with Crippen LogP contribution in [0.2, 0.25) is 5.02 Å². The SMILES string of the molecule is Cc1ccc(S(=O)(=O)N(C)C)cc1NC(=O)CN(Cc1ccc(F)cc1)S(=O)(=O)c1ccc(Cl)cc1. The number of nitrogens with one attached hydrogen (secondary N) is 1. The Morgan fingerprint density at radius 2 is 1.47 bits per heavy atom. The molecule has 0 aliphatic carbocycles. The third kappa shape index (κ3) is 6.48. The third-order valence-electron chi connectivity index (χ3n) is 5.31. The van der Waals surface area contributed by atoms with Gasteiger partial charge in [-0.15, -0.1) is 0 Å². The number of amides is 1. The van der Waals surface area contributed by atoms with Crippen molar-refractivity contribution in [3.8, 4) is 0 Å². The number of carbonyl (C=O) groups is 1. The van der Waals surface area contributed by atoms with Crippen molar-refractivity contribution >= 4 is 43.2 Å². The summed E-state index contributed by atoms with van der Waals surface area (Å²) in [7, 11) is -5.11. The van der Waals surface area contributed by atoms with Crippen molar-refractivity contribution in [1.82, 2.24) is 8.61 Å². The van der Waals surface area contributed by atoms with E-state index in [1.54, 1.807) is 13.0 Å².